The molecular weight excluding hydrogens is 208 g/mol. The Bertz CT molecular complexity index is 278. The van der Waals surface area contributed by atoms with E-state index in [1.807, 2.05) is 0 Å². The van der Waals surface area contributed by atoms with E-state index in [0.717, 1.165) is 0 Å². The lowest BCUT2D eigenvalue weighted by atomic mass is 10.1. The molecule has 0 radical (unpaired) electrons. The molecule has 16 heavy (non-hydrogen) atoms. The Labute approximate surface area is 96.1 Å². The van der Waals surface area contributed by atoms with Crippen molar-refractivity contribution in [2.45, 2.75) is 38.8 Å². The Morgan fingerprint density at radius 1 is 0.812 bits per heavy atom. The van der Waals surface area contributed by atoms with Gasteiger partial charge in [-0.3, -0.25) is 10.8 Å². The molecule has 0 amide bonds. The number of hydrogen-bond acceptors (Lipinski definition) is 6. The van der Waals surface area contributed by atoms with Crippen LogP contribution in [-0.4, -0.2) is 37.1 Å². The molecule has 0 saturated heterocycles. The molecule has 0 fully saturated rings. The topological polar surface area (TPSA) is 90.9 Å². The number of nitrogens with one attached hydrogen (secondary N) is 2. The Balaban J connectivity index is 4.84. The van der Waals surface area contributed by atoms with E-state index in [9.17, 15) is 0 Å². The van der Waals surface area contributed by atoms with Gasteiger partial charge in [0.2, 0.25) is 11.8 Å². The van der Waals surface area contributed by atoms with E-state index in [1.54, 1.807) is 27.7 Å². The van der Waals surface area contributed by atoms with Crippen LogP contribution in [0.3, 0.4) is 0 Å². The molecule has 0 aromatic carbocycles. The molecule has 0 bridgehead atoms. The second-order valence-corrected chi connectivity index (χ2v) is 4.38. The van der Waals surface area contributed by atoms with Crippen molar-refractivity contribution in [1.82, 2.24) is 0 Å². The first kappa shape index (κ1) is 14.5. The van der Waals surface area contributed by atoms with Crippen molar-refractivity contribution in [2.24, 2.45) is 10.2 Å². The van der Waals surface area contributed by atoms with Crippen LogP contribution in [0.5, 0.6) is 0 Å². The molecule has 0 atom stereocenters. The highest BCUT2D eigenvalue weighted by Gasteiger charge is 2.29. The van der Waals surface area contributed by atoms with Crippen LogP contribution >= 0.6 is 0 Å². The zero-order valence-corrected chi connectivity index (χ0v) is 10.7. The highest BCUT2D eigenvalue weighted by atomic mass is 16.5. The van der Waals surface area contributed by atoms with Gasteiger partial charge in [0.25, 0.3) is 0 Å². The van der Waals surface area contributed by atoms with Crippen LogP contribution in [0.15, 0.2) is 10.2 Å². The van der Waals surface area contributed by atoms with E-state index in [-0.39, 0.29) is 11.8 Å². The van der Waals surface area contributed by atoms with Gasteiger partial charge in [0.05, 0.1) is 14.2 Å². The summed E-state index contributed by atoms with van der Waals surface area (Å²) >= 11 is 0. The van der Waals surface area contributed by atoms with E-state index in [2.05, 4.69) is 10.2 Å². The number of rotatable bonds is 4. The Hall–Kier alpha value is -1.46. The lowest BCUT2D eigenvalue weighted by Gasteiger charge is -2.22. The molecule has 0 unspecified atom stereocenters. The molecule has 0 spiro atoms. The minimum Gasteiger partial charge on any atom is -0.483 e. The predicted molar refractivity (Wildman–Crippen MR) is 62.5 cm³/mol. The Morgan fingerprint density at radius 3 is 1.25 bits per heavy atom. The van der Waals surface area contributed by atoms with Crippen molar-refractivity contribution in [2.75, 3.05) is 14.2 Å². The van der Waals surface area contributed by atoms with Gasteiger partial charge in [-0.25, -0.2) is 0 Å². The third-order valence-electron chi connectivity index (χ3n) is 2.07. The van der Waals surface area contributed by atoms with Crippen molar-refractivity contribution in [1.29, 1.82) is 10.8 Å². The van der Waals surface area contributed by atoms with Gasteiger partial charge in [0.1, 0.15) is 0 Å². The maximum absolute atomic E-state index is 7.54. The molecule has 0 rings (SSSR count). The second-order valence-electron chi connectivity index (χ2n) is 4.38. The van der Waals surface area contributed by atoms with Crippen molar-refractivity contribution < 1.29 is 9.47 Å². The molecule has 0 aromatic heterocycles. The van der Waals surface area contributed by atoms with Gasteiger partial charge in [-0.1, -0.05) is 0 Å². The summed E-state index contributed by atoms with van der Waals surface area (Å²) in [6.45, 7) is 6.87. The van der Waals surface area contributed by atoms with E-state index in [0.29, 0.717) is 0 Å². The third kappa shape index (κ3) is 3.60. The molecule has 92 valence electrons. The first-order chi connectivity index (χ1) is 7.17. The van der Waals surface area contributed by atoms with E-state index >= 15 is 0 Å². The van der Waals surface area contributed by atoms with Gasteiger partial charge in [0.15, 0.2) is 11.1 Å². The lowest BCUT2D eigenvalue weighted by Crippen LogP contribution is -2.33. The van der Waals surface area contributed by atoms with Crippen LogP contribution in [0.25, 0.3) is 0 Å². The fourth-order valence-corrected chi connectivity index (χ4v) is 0.840. The summed E-state index contributed by atoms with van der Waals surface area (Å²) in [5, 5.41) is 23.1. The number of ether oxygens (including phenoxy) is 2. The van der Waals surface area contributed by atoms with Gasteiger partial charge in [-0.15, -0.1) is 0 Å². The fraction of sp³-hybridized carbons (Fsp3) is 0.800. The summed E-state index contributed by atoms with van der Waals surface area (Å²) in [6, 6.07) is 0. The maximum atomic E-state index is 7.54. The molecule has 0 heterocycles. The molecular formula is C10H20N4O2. The van der Waals surface area contributed by atoms with Crippen molar-refractivity contribution in [3.05, 3.63) is 0 Å². The zero-order chi connectivity index (χ0) is 13.0. The zero-order valence-electron chi connectivity index (χ0n) is 10.7. The van der Waals surface area contributed by atoms with Crippen LogP contribution in [0.1, 0.15) is 27.7 Å². The number of methoxy groups -OCH3 is 2. The second kappa shape index (κ2) is 5.05. The fourth-order valence-electron chi connectivity index (χ4n) is 0.840. The minimum atomic E-state index is -0.833. The molecule has 0 aliphatic carbocycles. The average molecular weight is 228 g/mol. The molecule has 0 aliphatic rings. The monoisotopic (exact) mass is 228 g/mol. The standard InChI is InChI=1S/C10H20N4O2/c1-9(2,7(11)15-5)13-14-10(3,4)8(12)16-6/h11-12H,1-6H3/b11-7?,12-8?,14-13+. The summed E-state index contributed by atoms with van der Waals surface area (Å²) in [4.78, 5) is 0. The molecule has 0 aliphatic heterocycles. The summed E-state index contributed by atoms with van der Waals surface area (Å²) in [6.07, 6.45) is 0. The predicted octanol–water partition coefficient (Wildman–Crippen LogP) is 2.24. The van der Waals surface area contributed by atoms with Gasteiger partial charge >= 0.3 is 0 Å². The SMILES string of the molecule is COC(=N)C(C)(C)/N=N/C(C)(C)C(=N)OC. The minimum absolute atomic E-state index is 0.0241. The van der Waals surface area contributed by atoms with E-state index < -0.39 is 11.1 Å². The number of hydrogen-bond donors (Lipinski definition) is 2. The van der Waals surface area contributed by atoms with Crippen molar-refractivity contribution >= 4 is 11.8 Å². The lowest BCUT2D eigenvalue weighted by molar-refractivity contribution is 0.337. The van der Waals surface area contributed by atoms with E-state index in [4.69, 9.17) is 20.3 Å². The first-order valence-electron chi connectivity index (χ1n) is 4.87. The molecule has 0 saturated carbocycles. The Kier molecular flexibility index (Phi) is 4.59. The van der Waals surface area contributed by atoms with E-state index in [1.165, 1.54) is 14.2 Å². The van der Waals surface area contributed by atoms with Gasteiger partial charge in [-0.2, -0.15) is 10.2 Å². The molecule has 2 N–H and O–H groups in total. The summed E-state index contributed by atoms with van der Waals surface area (Å²) in [5.41, 5.74) is -1.67. The van der Waals surface area contributed by atoms with Crippen molar-refractivity contribution in [3.8, 4) is 0 Å². The largest absolute Gasteiger partial charge is 0.483 e. The van der Waals surface area contributed by atoms with Crippen molar-refractivity contribution in [3.63, 3.8) is 0 Å². The van der Waals surface area contributed by atoms with Gasteiger partial charge in [0, 0.05) is 0 Å². The summed E-state index contributed by atoms with van der Waals surface area (Å²) < 4.78 is 9.62. The third-order valence-corrected chi connectivity index (χ3v) is 2.07. The molecule has 0 aromatic rings. The number of nitrogens with zero attached hydrogens (tertiary/aromatic N) is 2. The smallest absolute Gasteiger partial charge is 0.210 e. The highest BCUT2D eigenvalue weighted by molar-refractivity contribution is 5.83. The van der Waals surface area contributed by atoms with Crippen LogP contribution < -0.4 is 0 Å². The normalized spacial score (nSPS) is 12.6. The Morgan fingerprint density at radius 2 is 1.06 bits per heavy atom. The number of azo groups is 1. The quantitative estimate of drug-likeness (QED) is 0.439. The molecule has 6 nitrogen and oxygen atoms in total. The maximum Gasteiger partial charge on any atom is 0.210 e. The van der Waals surface area contributed by atoms with Crippen LogP contribution in [0.4, 0.5) is 0 Å². The summed E-state index contributed by atoms with van der Waals surface area (Å²) in [7, 11) is 2.84. The average Bonchev–Trinajstić information content (AvgIpc) is 2.24. The first-order valence-corrected chi connectivity index (χ1v) is 4.87. The highest BCUT2D eigenvalue weighted by Crippen LogP contribution is 2.18. The van der Waals surface area contributed by atoms with Crippen LogP contribution in [0.2, 0.25) is 0 Å². The van der Waals surface area contributed by atoms with Crippen LogP contribution in [0, 0.1) is 10.8 Å². The molecule has 6 heteroatoms. The van der Waals surface area contributed by atoms with Crippen LogP contribution in [-0.2, 0) is 9.47 Å². The summed E-state index contributed by atoms with van der Waals surface area (Å²) in [5.74, 6) is 0.0481. The van der Waals surface area contributed by atoms with Gasteiger partial charge in [-0.05, 0) is 27.7 Å². The van der Waals surface area contributed by atoms with Gasteiger partial charge < -0.3 is 9.47 Å².